The maximum atomic E-state index is 12.0. The lowest BCUT2D eigenvalue weighted by Gasteiger charge is -2.25. The van der Waals surface area contributed by atoms with Gasteiger partial charge in [-0.05, 0) is 59.9 Å². The number of nitrogens with one attached hydrogen (secondary N) is 2. The van der Waals surface area contributed by atoms with Crippen LogP contribution < -0.4 is 15.4 Å². The lowest BCUT2D eigenvalue weighted by Crippen LogP contribution is -2.26. The lowest BCUT2D eigenvalue weighted by atomic mass is 9.94. The van der Waals surface area contributed by atoms with Gasteiger partial charge in [-0.15, -0.1) is 0 Å². The number of carbonyl (C=O) groups is 2. The van der Waals surface area contributed by atoms with Crippen LogP contribution in [0.1, 0.15) is 41.3 Å². The Morgan fingerprint density at radius 3 is 2.33 bits per heavy atom. The van der Waals surface area contributed by atoms with E-state index < -0.39 is 5.25 Å². The van der Waals surface area contributed by atoms with E-state index in [0.29, 0.717) is 11.4 Å². The number of ether oxygens (including phenoxy) is 1. The quantitative estimate of drug-likeness (QED) is 0.434. The van der Waals surface area contributed by atoms with E-state index in [-0.39, 0.29) is 23.2 Å². The fourth-order valence-electron chi connectivity index (χ4n) is 3.92. The Bertz CT molecular complexity index is 1140. The van der Waals surface area contributed by atoms with Gasteiger partial charge in [0.05, 0.1) is 18.4 Å². The first-order valence-electron chi connectivity index (χ1n) is 10.7. The minimum Gasteiger partial charge on any atom is -0.497 e. The number of halogens is 1. The zero-order chi connectivity index (χ0) is 23.4. The molecule has 170 valence electrons. The summed E-state index contributed by atoms with van der Waals surface area (Å²) in [5.41, 5.74) is 4.31. The maximum Gasteiger partial charge on any atom is 0.286 e. The molecule has 0 radical (unpaired) electrons. The van der Waals surface area contributed by atoms with Crippen LogP contribution in [0.25, 0.3) is 0 Å². The van der Waals surface area contributed by atoms with Gasteiger partial charge in [-0.1, -0.05) is 71.9 Å². The van der Waals surface area contributed by atoms with Crippen LogP contribution in [0.5, 0.6) is 5.75 Å². The number of rotatable bonds is 8. The summed E-state index contributed by atoms with van der Waals surface area (Å²) in [5.74, 6) is 0.572. The van der Waals surface area contributed by atoms with Gasteiger partial charge in [0.15, 0.2) is 0 Å². The number of methoxy groups -OCH3 is 1. The predicted octanol–water partition coefficient (Wildman–Crippen LogP) is 5.68. The lowest BCUT2D eigenvalue weighted by molar-refractivity contribution is -0.118. The molecule has 2 amide bonds. The van der Waals surface area contributed by atoms with Crippen molar-refractivity contribution in [1.82, 2.24) is 10.6 Å². The summed E-state index contributed by atoms with van der Waals surface area (Å²) in [6.07, 6.45) is 0.498. The third kappa shape index (κ3) is 5.77. The van der Waals surface area contributed by atoms with Crippen LogP contribution in [-0.2, 0) is 11.2 Å². The van der Waals surface area contributed by atoms with Gasteiger partial charge in [-0.2, -0.15) is 0 Å². The zero-order valence-electron chi connectivity index (χ0n) is 18.4. The van der Waals surface area contributed by atoms with E-state index in [2.05, 4.69) is 41.8 Å². The molecule has 1 saturated heterocycles. The fourth-order valence-corrected chi connectivity index (χ4v) is 4.91. The summed E-state index contributed by atoms with van der Waals surface area (Å²) in [7, 11) is 1.65. The Balaban J connectivity index is 1.63. The Morgan fingerprint density at radius 1 is 1.00 bits per heavy atom. The van der Waals surface area contributed by atoms with Crippen LogP contribution in [0.3, 0.4) is 0 Å². The van der Waals surface area contributed by atoms with Crippen LogP contribution in [0, 0.1) is 0 Å². The highest BCUT2D eigenvalue weighted by Crippen LogP contribution is 2.30. The van der Waals surface area contributed by atoms with Crippen molar-refractivity contribution in [3.05, 3.63) is 100 Å². The molecule has 0 bridgehead atoms. The molecule has 3 aromatic carbocycles. The summed E-state index contributed by atoms with van der Waals surface area (Å²) in [6, 6.07) is 24.0. The second kappa shape index (κ2) is 10.4. The van der Waals surface area contributed by atoms with Crippen LogP contribution >= 0.6 is 23.4 Å². The van der Waals surface area contributed by atoms with Crippen molar-refractivity contribution in [3.63, 3.8) is 0 Å². The average molecular weight is 481 g/mol. The number of carbonyl (C=O) groups excluding carboxylic acids is 2. The standard InChI is InChI=1S/C26H25ClN2O3S/c1-16(18-6-10-21(27)11-7-18)28-24(19-8-12-22(32-2)13-9-19)20-5-3-4-17(14-20)15-23-25(30)29-26(31)33-23/h3-14,16,23-24,28H,15H2,1-2H3,(H,29,30,31). The second-order valence-electron chi connectivity index (χ2n) is 7.98. The van der Waals surface area contributed by atoms with Gasteiger partial charge in [0, 0.05) is 11.1 Å². The molecule has 0 spiro atoms. The molecule has 0 aliphatic carbocycles. The molecule has 5 nitrogen and oxygen atoms in total. The SMILES string of the molecule is COc1ccc(C(NC(C)c2ccc(Cl)cc2)c2cccc(CC3SC(=O)NC3=O)c2)cc1. The van der Waals surface area contributed by atoms with E-state index in [1.54, 1.807) is 7.11 Å². The normalized spacial score (nSPS) is 17.5. The number of hydrogen-bond donors (Lipinski definition) is 2. The molecule has 3 unspecified atom stereocenters. The third-order valence-electron chi connectivity index (χ3n) is 5.71. The van der Waals surface area contributed by atoms with Crippen molar-refractivity contribution in [2.45, 2.75) is 30.7 Å². The fraction of sp³-hybridized carbons (Fsp3) is 0.231. The molecule has 2 N–H and O–H groups in total. The molecule has 0 saturated carbocycles. The highest BCUT2D eigenvalue weighted by molar-refractivity contribution is 8.15. The predicted molar refractivity (Wildman–Crippen MR) is 133 cm³/mol. The Hall–Kier alpha value is -2.80. The molecule has 1 aliphatic heterocycles. The molecule has 33 heavy (non-hydrogen) atoms. The molecule has 4 rings (SSSR count). The summed E-state index contributed by atoms with van der Waals surface area (Å²) in [6.45, 7) is 2.12. The van der Waals surface area contributed by atoms with Gasteiger partial charge < -0.3 is 4.74 Å². The molecule has 3 atom stereocenters. The van der Waals surface area contributed by atoms with E-state index >= 15 is 0 Å². The van der Waals surface area contributed by atoms with Gasteiger partial charge in [0.1, 0.15) is 5.75 Å². The maximum absolute atomic E-state index is 12.0. The van der Waals surface area contributed by atoms with E-state index in [9.17, 15) is 9.59 Å². The number of hydrogen-bond acceptors (Lipinski definition) is 5. The topological polar surface area (TPSA) is 67.4 Å². The van der Waals surface area contributed by atoms with E-state index in [1.807, 2.05) is 48.5 Å². The molecule has 0 aromatic heterocycles. The van der Waals surface area contributed by atoms with Crippen molar-refractivity contribution in [2.75, 3.05) is 7.11 Å². The Labute approximate surface area is 202 Å². The molecule has 1 aliphatic rings. The number of benzene rings is 3. The minimum atomic E-state index is -0.395. The third-order valence-corrected chi connectivity index (χ3v) is 6.94. The van der Waals surface area contributed by atoms with Crippen LogP contribution in [-0.4, -0.2) is 23.5 Å². The Morgan fingerprint density at radius 2 is 1.70 bits per heavy atom. The van der Waals surface area contributed by atoms with Gasteiger partial charge in [-0.3, -0.25) is 20.2 Å². The number of imide groups is 1. The zero-order valence-corrected chi connectivity index (χ0v) is 20.0. The van der Waals surface area contributed by atoms with Crippen LogP contribution in [0.4, 0.5) is 4.79 Å². The first kappa shape index (κ1) is 23.4. The highest BCUT2D eigenvalue weighted by Gasteiger charge is 2.31. The summed E-state index contributed by atoms with van der Waals surface area (Å²) < 4.78 is 5.33. The van der Waals surface area contributed by atoms with Crippen LogP contribution in [0.15, 0.2) is 72.8 Å². The van der Waals surface area contributed by atoms with Crippen molar-refractivity contribution >= 4 is 34.5 Å². The van der Waals surface area contributed by atoms with Gasteiger partial charge in [-0.25, -0.2) is 0 Å². The van der Waals surface area contributed by atoms with Gasteiger partial charge >= 0.3 is 0 Å². The number of amides is 2. The first-order chi connectivity index (χ1) is 15.9. The molecule has 3 aromatic rings. The first-order valence-corrected chi connectivity index (χ1v) is 11.9. The average Bonchev–Trinajstić information content (AvgIpc) is 3.14. The molecular formula is C26H25ClN2O3S. The smallest absolute Gasteiger partial charge is 0.286 e. The largest absolute Gasteiger partial charge is 0.497 e. The summed E-state index contributed by atoms with van der Waals surface area (Å²) >= 11 is 7.12. The van der Waals surface area contributed by atoms with E-state index in [4.69, 9.17) is 16.3 Å². The minimum absolute atomic E-state index is 0.0619. The molecular weight excluding hydrogens is 456 g/mol. The molecule has 1 fully saturated rings. The summed E-state index contributed by atoms with van der Waals surface area (Å²) in [5, 5.41) is 6.13. The summed E-state index contributed by atoms with van der Waals surface area (Å²) in [4.78, 5) is 23.6. The molecule has 1 heterocycles. The monoisotopic (exact) mass is 480 g/mol. The van der Waals surface area contributed by atoms with Crippen molar-refractivity contribution in [1.29, 1.82) is 0 Å². The molecule has 7 heteroatoms. The van der Waals surface area contributed by atoms with E-state index in [1.165, 1.54) is 0 Å². The van der Waals surface area contributed by atoms with Crippen molar-refractivity contribution < 1.29 is 14.3 Å². The van der Waals surface area contributed by atoms with E-state index in [0.717, 1.165) is 39.8 Å². The second-order valence-corrected chi connectivity index (χ2v) is 9.59. The van der Waals surface area contributed by atoms with Crippen LogP contribution in [0.2, 0.25) is 5.02 Å². The number of thioether (sulfide) groups is 1. The van der Waals surface area contributed by atoms with Gasteiger partial charge in [0.25, 0.3) is 5.24 Å². The van der Waals surface area contributed by atoms with Crippen molar-refractivity contribution in [3.8, 4) is 5.75 Å². The van der Waals surface area contributed by atoms with Crippen molar-refractivity contribution in [2.24, 2.45) is 0 Å². The highest BCUT2D eigenvalue weighted by atomic mass is 35.5. The van der Waals surface area contributed by atoms with Gasteiger partial charge in [0.2, 0.25) is 5.91 Å². The Kier molecular flexibility index (Phi) is 7.38.